The average Bonchev–Trinajstić information content (AvgIpc) is 2.85. The van der Waals surface area contributed by atoms with Gasteiger partial charge in [-0.15, -0.1) is 0 Å². The number of thioether (sulfide) groups is 1. The van der Waals surface area contributed by atoms with Crippen LogP contribution in [-0.4, -0.2) is 13.1 Å². The van der Waals surface area contributed by atoms with E-state index in [4.69, 9.17) is 4.42 Å². The van der Waals surface area contributed by atoms with Crippen molar-refractivity contribution in [2.45, 2.75) is 10.8 Å². The molecule has 18 heavy (non-hydrogen) atoms. The molecule has 0 unspecified atom stereocenters. The summed E-state index contributed by atoms with van der Waals surface area (Å²) in [6.07, 6.45) is 2.86. The van der Waals surface area contributed by atoms with Crippen LogP contribution in [0.1, 0.15) is 16.1 Å². The fraction of sp³-hybridized carbons (Fsp3) is 0.167. The van der Waals surface area contributed by atoms with Crippen molar-refractivity contribution in [1.82, 2.24) is 0 Å². The molecular formula is C12H11NO4S. The van der Waals surface area contributed by atoms with Gasteiger partial charge < -0.3 is 14.4 Å². The van der Waals surface area contributed by atoms with E-state index in [0.29, 0.717) is 16.3 Å². The molecule has 0 saturated carbocycles. The number of pyridine rings is 1. The summed E-state index contributed by atoms with van der Waals surface area (Å²) in [6, 6.07) is 6.86. The number of carbonyl (C=O) groups is 1. The molecule has 2 aromatic rings. The van der Waals surface area contributed by atoms with Crippen LogP contribution < -0.4 is 4.73 Å². The van der Waals surface area contributed by atoms with Crippen molar-refractivity contribution in [2.75, 3.05) is 7.11 Å². The van der Waals surface area contributed by atoms with Gasteiger partial charge in [0.05, 0.1) is 13.4 Å². The minimum absolute atomic E-state index is 0.179. The van der Waals surface area contributed by atoms with Crippen molar-refractivity contribution >= 4 is 17.7 Å². The molecule has 0 spiro atoms. The normalized spacial score (nSPS) is 10.3. The van der Waals surface area contributed by atoms with Crippen molar-refractivity contribution < 1.29 is 18.7 Å². The third-order valence-electron chi connectivity index (χ3n) is 2.28. The first-order chi connectivity index (χ1) is 8.72. The van der Waals surface area contributed by atoms with Gasteiger partial charge in [-0.3, -0.25) is 0 Å². The van der Waals surface area contributed by atoms with Crippen LogP contribution in [0.3, 0.4) is 0 Å². The van der Waals surface area contributed by atoms with Gasteiger partial charge in [0.1, 0.15) is 0 Å². The first kappa shape index (κ1) is 12.5. The molecule has 2 rings (SSSR count). The molecule has 0 aromatic carbocycles. The quantitative estimate of drug-likeness (QED) is 0.366. The smallest absolute Gasteiger partial charge is 0.374 e. The third kappa shape index (κ3) is 2.65. The lowest BCUT2D eigenvalue weighted by molar-refractivity contribution is -0.645. The molecule has 6 heteroatoms. The lowest BCUT2D eigenvalue weighted by Crippen LogP contribution is -2.27. The van der Waals surface area contributed by atoms with Gasteiger partial charge in [0.25, 0.3) is 5.03 Å². The van der Waals surface area contributed by atoms with Crippen molar-refractivity contribution in [3.05, 3.63) is 53.3 Å². The SMILES string of the molecule is COC(=O)c1occc1CSc1cccc[n+]1[O-]. The van der Waals surface area contributed by atoms with Gasteiger partial charge in [-0.25, -0.2) is 4.79 Å². The van der Waals surface area contributed by atoms with Crippen molar-refractivity contribution in [3.63, 3.8) is 0 Å². The number of methoxy groups -OCH3 is 1. The number of carbonyl (C=O) groups excluding carboxylic acids is 1. The van der Waals surface area contributed by atoms with Crippen LogP contribution in [0.5, 0.6) is 0 Å². The van der Waals surface area contributed by atoms with E-state index in [0.717, 1.165) is 4.73 Å². The Hall–Kier alpha value is -1.95. The highest BCUT2D eigenvalue weighted by Crippen LogP contribution is 2.22. The standard InChI is InChI=1S/C12H11NO4S/c1-16-12(14)11-9(5-7-17-11)8-18-10-4-2-3-6-13(10)15/h2-7H,8H2,1H3. The van der Waals surface area contributed by atoms with Crippen molar-refractivity contribution in [3.8, 4) is 0 Å². The predicted octanol–water partition coefficient (Wildman–Crippen LogP) is 1.99. The summed E-state index contributed by atoms with van der Waals surface area (Å²) in [6.45, 7) is 0. The van der Waals surface area contributed by atoms with Gasteiger partial charge >= 0.3 is 5.97 Å². The van der Waals surface area contributed by atoms with Crippen LogP contribution in [0.25, 0.3) is 0 Å². The Kier molecular flexibility index (Phi) is 3.88. The first-order valence-corrected chi connectivity index (χ1v) is 6.16. The highest BCUT2D eigenvalue weighted by Gasteiger charge is 2.17. The fourth-order valence-corrected chi connectivity index (χ4v) is 2.29. The van der Waals surface area contributed by atoms with Gasteiger partial charge in [-0.05, 0) is 12.1 Å². The predicted molar refractivity (Wildman–Crippen MR) is 65.0 cm³/mol. The Morgan fingerprint density at radius 2 is 2.33 bits per heavy atom. The van der Waals surface area contributed by atoms with Crippen LogP contribution in [-0.2, 0) is 10.5 Å². The molecule has 94 valence electrons. The monoisotopic (exact) mass is 265 g/mol. The Bertz CT molecular complexity index is 553. The van der Waals surface area contributed by atoms with E-state index in [9.17, 15) is 10.0 Å². The zero-order valence-electron chi connectivity index (χ0n) is 9.66. The Morgan fingerprint density at radius 3 is 3.06 bits per heavy atom. The Labute approximate surface area is 108 Å². The maximum atomic E-state index is 11.4. The van der Waals surface area contributed by atoms with E-state index >= 15 is 0 Å². The molecule has 0 amide bonds. The van der Waals surface area contributed by atoms with Gasteiger partial charge in [0.2, 0.25) is 5.76 Å². The topological polar surface area (TPSA) is 66.4 Å². The number of hydrogen-bond acceptors (Lipinski definition) is 5. The molecule has 0 atom stereocenters. The van der Waals surface area contributed by atoms with Crippen LogP contribution >= 0.6 is 11.8 Å². The molecule has 0 fully saturated rings. The summed E-state index contributed by atoms with van der Waals surface area (Å²) >= 11 is 1.33. The second-order valence-electron chi connectivity index (χ2n) is 3.42. The van der Waals surface area contributed by atoms with Crippen LogP contribution in [0.15, 0.2) is 46.2 Å². The zero-order valence-corrected chi connectivity index (χ0v) is 10.5. The van der Waals surface area contributed by atoms with Crippen LogP contribution in [0.2, 0.25) is 0 Å². The van der Waals surface area contributed by atoms with Gasteiger partial charge in [-0.1, -0.05) is 11.8 Å². The van der Waals surface area contributed by atoms with E-state index in [2.05, 4.69) is 4.74 Å². The summed E-state index contributed by atoms with van der Waals surface area (Å²) in [5, 5.41) is 12.0. The lowest BCUT2D eigenvalue weighted by Gasteiger charge is -2.03. The second-order valence-corrected chi connectivity index (χ2v) is 4.42. The zero-order chi connectivity index (χ0) is 13.0. The Balaban J connectivity index is 2.09. The molecule has 2 heterocycles. The molecule has 0 bridgehead atoms. The second kappa shape index (κ2) is 5.59. The van der Waals surface area contributed by atoms with Gasteiger partial charge in [0.15, 0.2) is 6.20 Å². The maximum Gasteiger partial charge on any atom is 0.374 e. The largest absolute Gasteiger partial charge is 0.618 e. The van der Waals surface area contributed by atoms with Crippen LogP contribution in [0, 0.1) is 5.21 Å². The average molecular weight is 265 g/mol. The summed E-state index contributed by atoms with van der Waals surface area (Å²) in [5.74, 6) is 0.129. The van der Waals surface area contributed by atoms with Gasteiger partial charge in [0, 0.05) is 23.4 Å². The molecule has 0 aliphatic heterocycles. The van der Waals surface area contributed by atoms with E-state index in [1.165, 1.54) is 31.3 Å². The van der Waals surface area contributed by atoms with Crippen LogP contribution in [0.4, 0.5) is 0 Å². The molecule has 0 N–H and O–H groups in total. The summed E-state index contributed by atoms with van der Waals surface area (Å²) < 4.78 is 10.4. The number of nitrogens with zero attached hydrogens (tertiary/aromatic N) is 1. The van der Waals surface area contributed by atoms with Gasteiger partial charge in [-0.2, -0.15) is 4.73 Å². The maximum absolute atomic E-state index is 11.4. The minimum atomic E-state index is -0.515. The molecule has 2 aromatic heterocycles. The number of rotatable bonds is 4. The summed E-state index contributed by atoms with van der Waals surface area (Å²) in [7, 11) is 1.30. The van der Waals surface area contributed by atoms with Crippen molar-refractivity contribution in [1.29, 1.82) is 0 Å². The number of aromatic nitrogens is 1. The molecule has 0 aliphatic carbocycles. The molecular weight excluding hydrogens is 254 g/mol. The number of furan rings is 1. The molecule has 0 radical (unpaired) electrons. The molecule has 0 aliphatic rings. The molecule has 0 saturated heterocycles. The van der Waals surface area contributed by atoms with E-state index in [1.54, 1.807) is 24.3 Å². The van der Waals surface area contributed by atoms with E-state index in [1.807, 2.05) is 0 Å². The molecule has 5 nitrogen and oxygen atoms in total. The highest BCUT2D eigenvalue weighted by molar-refractivity contribution is 7.98. The van der Waals surface area contributed by atoms with E-state index < -0.39 is 5.97 Å². The first-order valence-electron chi connectivity index (χ1n) is 5.18. The summed E-state index contributed by atoms with van der Waals surface area (Å²) in [4.78, 5) is 11.4. The minimum Gasteiger partial charge on any atom is -0.618 e. The number of ether oxygens (including phenoxy) is 1. The Morgan fingerprint density at radius 1 is 1.50 bits per heavy atom. The van der Waals surface area contributed by atoms with Crippen molar-refractivity contribution in [2.24, 2.45) is 0 Å². The lowest BCUT2D eigenvalue weighted by atomic mass is 10.3. The fourth-order valence-electron chi connectivity index (χ4n) is 1.40. The number of hydrogen-bond donors (Lipinski definition) is 0. The highest BCUT2D eigenvalue weighted by atomic mass is 32.2. The number of esters is 1. The summed E-state index contributed by atoms with van der Waals surface area (Å²) in [5.41, 5.74) is 0.704. The third-order valence-corrected chi connectivity index (χ3v) is 3.35. The van der Waals surface area contributed by atoms with E-state index in [-0.39, 0.29) is 5.76 Å².